The predicted molar refractivity (Wildman–Crippen MR) is 54.5 cm³/mol. The summed E-state index contributed by atoms with van der Waals surface area (Å²) >= 11 is 0. The van der Waals surface area contributed by atoms with Gasteiger partial charge in [-0.2, -0.15) is 0 Å². The van der Waals surface area contributed by atoms with Crippen LogP contribution < -0.4 is 0 Å². The Morgan fingerprint density at radius 3 is 2.77 bits per heavy atom. The Kier molecular flexibility index (Phi) is 3.76. The molecular formula is C11H21NO. The quantitative estimate of drug-likeness (QED) is 0.658. The van der Waals surface area contributed by atoms with E-state index in [9.17, 15) is 4.79 Å². The molecule has 1 amide bonds. The van der Waals surface area contributed by atoms with Crippen molar-refractivity contribution in [1.29, 1.82) is 0 Å². The summed E-state index contributed by atoms with van der Waals surface area (Å²) in [6, 6.07) is 0.483. The van der Waals surface area contributed by atoms with E-state index < -0.39 is 0 Å². The van der Waals surface area contributed by atoms with Crippen LogP contribution in [-0.4, -0.2) is 23.4 Å². The van der Waals surface area contributed by atoms with Crippen molar-refractivity contribution in [1.82, 2.24) is 4.90 Å². The van der Waals surface area contributed by atoms with Crippen LogP contribution >= 0.6 is 0 Å². The van der Waals surface area contributed by atoms with Crippen molar-refractivity contribution < 1.29 is 4.79 Å². The summed E-state index contributed by atoms with van der Waals surface area (Å²) in [5.41, 5.74) is 0. The molecular weight excluding hydrogens is 162 g/mol. The van der Waals surface area contributed by atoms with Gasteiger partial charge >= 0.3 is 0 Å². The van der Waals surface area contributed by atoms with Crippen molar-refractivity contribution >= 4 is 5.91 Å². The first-order valence-corrected chi connectivity index (χ1v) is 5.44. The maximum absolute atomic E-state index is 11.8. The molecule has 0 radical (unpaired) electrons. The fourth-order valence-electron chi connectivity index (χ4n) is 1.86. The molecule has 0 aliphatic carbocycles. The lowest BCUT2D eigenvalue weighted by atomic mass is 10.0. The second-order valence-corrected chi connectivity index (χ2v) is 4.30. The normalized spacial score (nSPS) is 24.8. The smallest absolute Gasteiger partial charge is 0.223 e. The minimum absolute atomic E-state index is 0.361. The van der Waals surface area contributed by atoms with Gasteiger partial charge < -0.3 is 4.90 Å². The van der Waals surface area contributed by atoms with Crippen molar-refractivity contribution in [2.45, 2.75) is 52.5 Å². The molecule has 0 aromatic rings. The van der Waals surface area contributed by atoms with E-state index in [1.165, 1.54) is 12.8 Å². The summed E-state index contributed by atoms with van der Waals surface area (Å²) < 4.78 is 0. The van der Waals surface area contributed by atoms with Crippen molar-refractivity contribution in [3.05, 3.63) is 0 Å². The highest BCUT2D eigenvalue weighted by Crippen LogP contribution is 2.19. The van der Waals surface area contributed by atoms with Gasteiger partial charge in [-0.3, -0.25) is 4.79 Å². The van der Waals surface area contributed by atoms with E-state index in [0.29, 0.717) is 17.9 Å². The van der Waals surface area contributed by atoms with Crippen LogP contribution in [0.25, 0.3) is 0 Å². The Morgan fingerprint density at radius 2 is 2.31 bits per heavy atom. The zero-order chi connectivity index (χ0) is 9.84. The van der Waals surface area contributed by atoms with Crippen molar-refractivity contribution in [2.24, 2.45) is 5.92 Å². The number of hydrogen-bond donors (Lipinski definition) is 0. The lowest BCUT2D eigenvalue weighted by molar-refractivity contribution is -0.132. The molecule has 1 aliphatic heterocycles. The van der Waals surface area contributed by atoms with Gasteiger partial charge in [0.2, 0.25) is 5.91 Å². The Hall–Kier alpha value is -0.530. The summed E-state index contributed by atoms with van der Waals surface area (Å²) in [6.07, 6.45) is 4.22. The molecule has 0 aromatic carbocycles. The molecule has 1 aliphatic rings. The van der Waals surface area contributed by atoms with Crippen LogP contribution in [-0.2, 0) is 4.79 Å². The van der Waals surface area contributed by atoms with Crippen LogP contribution in [0, 0.1) is 5.92 Å². The average Bonchev–Trinajstić information content (AvgIpc) is 2.51. The molecule has 0 spiro atoms. The highest BCUT2D eigenvalue weighted by molar-refractivity contribution is 5.77. The van der Waals surface area contributed by atoms with Crippen LogP contribution in [0.3, 0.4) is 0 Å². The maximum Gasteiger partial charge on any atom is 0.223 e. The van der Waals surface area contributed by atoms with E-state index in [0.717, 1.165) is 19.4 Å². The van der Waals surface area contributed by atoms with Crippen LogP contribution in [0.2, 0.25) is 0 Å². The minimum Gasteiger partial charge on any atom is -0.340 e. The third-order valence-corrected chi connectivity index (χ3v) is 3.09. The van der Waals surface area contributed by atoms with Crippen LogP contribution in [0.5, 0.6) is 0 Å². The number of carbonyl (C=O) groups is 1. The summed E-state index contributed by atoms with van der Waals surface area (Å²) in [5, 5.41) is 0. The van der Waals surface area contributed by atoms with Gasteiger partial charge in [0.1, 0.15) is 0 Å². The third kappa shape index (κ3) is 2.71. The van der Waals surface area contributed by atoms with Crippen LogP contribution in [0.1, 0.15) is 46.5 Å². The standard InChI is InChI=1S/C11H21NO/c1-4-9(2)8-11(13)12-7-5-6-10(12)3/h9-10H,4-8H2,1-3H3/t9?,10-/m1/s1. The topological polar surface area (TPSA) is 20.3 Å². The van der Waals surface area contributed by atoms with E-state index in [4.69, 9.17) is 0 Å². The van der Waals surface area contributed by atoms with Gasteiger partial charge in [0.15, 0.2) is 0 Å². The maximum atomic E-state index is 11.8. The molecule has 1 rings (SSSR count). The number of carbonyl (C=O) groups excluding carboxylic acids is 1. The van der Waals surface area contributed by atoms with E-state index in [-0.39, 0.29) is 0 Å². The molecule has 0 saturated carbocycles. The van der Waals surface area contributed by atoms with E-state index in [2.05, 4.69) is 20.8 Å². The molecule has 1 heterocycles. The minimum atomic E-state index is 0.361. The highest BCUT2D eigenvalue weighted by atomic mass is 16.2. The Morgan fingerprint density at radius 1 is 1.62 bits per heavy atom. The number of rotatable bonds is 3. The molecule has 1 unspecified atom stereocenters. The van der Waals surface area contributed by atoms with E-state index in [1.54, 1.807) is 0 Å². The zero-order valence-electron chi connectivity index (χ0n) is 9.05. The molecule has 2 nitrogen and oxygen atoms in total. The van der Waals surface area contributed by atoms with E-state index >= 15 is 0 Å². The molecule has 1 saturated heterocycles. The van der Waals surface area contributed by atoms with Gasteiger partial charge in [-0.1, -0.05) is 20.3 Å². The molecule has 0 aromatic heterocycles. The Balaban J connectivity index is 2.38. The fourth-order valence-corrected chi connectivity index (χ4v) is 1.86. The number of nitrogens with zero attached hydrogens (tertiary/aromatic N) is 1. The molecule has 2 heteroatoms. The lowest BCUT2D eigenvalue weighted by Crippen LogP contribution is -2.34. The number of likely N-dealkylation sites (tertiary alicyclic amines) is 1. The second-order valence-electron chi connectivity index (χ2n) is 4.30. The summed E-state index contributed by atoms with van der Waals surface area (Å²) in [6.45, 7) is 7.43. The second kappa shape index (κ2) is 4.64. The van der Waals surface area contributed by atoms with Gasteiger partial charge in [-0.15, -0.1) is 0 Å². The van der Waals surface area contributed by atoms with Crippen molar-refractivity contribution in [2.75, 3.05) is 6.54 Å². The molecule has 76 valence electrons. The first-order valence-electron chi connectivity index (χ1n) is 5.44. The highest BCUT2D eigenvalue weighted by Gasteiger charge is 2.25. The molecule has 13 heavy (non-hydrogen) atoms. The van der Waals surface area contributed by atoms with Crippen molar-refractivity contribution in [3.8, 4) is 0 Å². The molecule has 0 N–H and O–H groups in total. The fraction of sp³-hybridized carbons (Fsp3) is 0.909. The van der Waals surface area contributed by atoms with Gasteiger partial charge in [-0.25, -0.2) is 0 Å². The summed E-state index contributed by atoms with van der Waals surface area (Å²) in [7, 11) is 0. The lowest BCUT2D eigenvalue weighted by Gasteiger charge is -2.22. The molecule has 1 fully saturated rings. The molecule has 0 bridgehead atoms. The van der Waals surface area contributed by atoms with Crippen LogP contribution in [0.15, 0.2) is 0 Å². The predicted octanol–water partition coefficient (Wildman–Crippen LogP) is 2.43. The Bertz CT molecular complexity index is 179. The molecule has 2 atom stereocenters. The summed E-state index contributed by atoms with van der Waals surface area (Å²) in [4.78, 5) is 13.8. The van der Waals surface area contributed by atoms with Gasteiger partial charge in [0.05, 0.1) is 0 Å². The largest absolute Gasteiger partial charge is 0.340 e. The zero-order valence-corrected chi connectivity index (χ0v) is 9.05. The average molecular weight is 183 g/mol. The Labute approximate surface area is 81.3 Å². The number of hydrogen-bond acceptors (Lipinski definition) is 1. The van der Waals surface area contributed by atoms with E-state index in [1.807, 2.05) is 4.90 Å². The monoisotopic (exact) mass is 183 g/mol. The third-order valence-electron chi connectivity index (χ3n) is 3.09. The number of amides is 1. The van der Waals surface area contributed by atoms with Gasteiger partial charge in [0.25, 0.3) is 0 Å². The van der Waals surface area contributed by atoms with Gasteiger partial charge in [0, 0.05) is 19.0 Å². The SMILES string of the molecule is CCC(C)CC(=O)N1CCC[C@H]1C. The summed E-state index contributed by atoms with van der Waals surface area (Å²) in [5.74, 6) is 0.902. The first-order chi connectivity index (χ1) is 6.15. The first kappa shape index (κ1) is 10.6. The van der Waals surface area contributed by atoms with Crippen LogP contribution in [0.4, 0.5) is 0 Å². The van der Waals surface area contributed by atoms with Crippen molar-refractivity contribution in [3.63, 3.8) is 0 Å². The van der Waals surface area contributed by atoms with Gasteiger partial charge in [-0.05, 0) is 25.7 Å².